The van der Waals surface area contributed by atoms with Crippen molar-refractivity contribution in [2.24, 2.45) is 0 Å². The fraction of sp³-hybridized carbons (Fsp3) is 0.231. The third kappa shape index (κ3) is 3.66. The lowest BCUT2D eigenvalue weighted by atomic mass is 9.89. The zero-order valence-electron chi connectivity index (χ0n) is 18.3. The van der Waals surface area contributed by atoms with Crippen molar-refractivity contribution in [1.29, 1.82) is 0 Å². The quantitative estimate of drug-likeness (QED) is 0.374. The zero-order valence-corrected chi connectivity index (χ0v) is 19.2. The van der Waals surface area contributed by atoms with Gasteiger partial charge < -0.3 is 0 Å². The van der Waals surface area contributed by atoms with Crippen molar-refractivity contribution in [3.63, 3.8) is 0 Å². The lowest BCUT2D eigenvalue weighted by molar-refractivity contribution is 0.103. The summed E-state index contributed by atoms with van der Waals surface area (Å²) in [5, 5.41) is 0.486. The minimum absolute atomic E-state index is 0.113. The Kier molecular flexibility index (Phi) is 6.14. The van der Waals surface area contributed by atoms with Crippen LogP contribution in [-0.4, -0.2) is 11.3 Å². The summed E-state index contributed by atoms with van der Waals surface area (Å²) in [6.45, 7) is 11.2. The highest BCUT2D eigenvalue weighted by atomic mass is 31.1. The maximum absolute atomic E-state index is 13.6. The third-order valence-electron chi connectivity index (χ3n) is 5.93. The number of benzene rings is 3. The van der Waals surface area contributed by atoms with Crippen LogP contribution < -0.4 is 5.30 Å². The Morgan fingerprint density at radius 2 is 1.20 bits per heavy atom. The van der Waals surface area contributed by atoms with Gasteiger partial charge in [-0.15, -0.1) is 0 Å². The highest BCUT2D eigenvalue weighted by molar-refractivity contribution is 7.71. The van der Waals surface area contributed by atoms with E-state index in [2.05, 4.69) is 0 Å². The Morgan fingerprint density at radius 3 is 1.77 bits per heavy atom. The predicted molar refractivity (Wildman–Crippen MR) is 123 cm³/mol. The van der Waals surface area contributed by atoms with Gasteiger partial charge >= 0.3 is 13.3 Å². The van der Waals surface area contributed by atoms with Crippen molar-refractivity contribution in [3.8, 4) is 0 Å². The lowest BCUT2D eigenvalue weighted by Crippen LogP contribution is -2.20. The van der Waals surface area contributed by atoms with Crippen LogP contribution in [0.3, 0.4) is 0 Å². The molecule has 0 spiro atoms. The van der Waals surface area contributed by atoms with E-state index in [0.29, 0.717) is 27.6 Å². The molecule has 0 heterocycles. The van der Waals surface area contributed by atoms with Crippen molar-refractivity contribution in [2.75, 3.05) is 0 Å². The van der Waals surface area contributed by atoms with E-state index < -0.39 is 7.80 Å². The zero-order chi connectivity index (χ0) is 22.2. The number of hydrogen-bond donors (Lipinski definition) is 0. The number of carbonyl (C=O) groups excluding carboxylic acids is 2. The average Bonchev–Trinajstić information content (AvgIpc) is 2.72. The maximum Gasteiger partial charge on any atom is 0.459 e. The second-order valence-corrected chi connectivity index (χ2v) is 9.23. The second kappa shape index (κ2) is 8.45. The molecule has 0 aliphatic carbocycles. The Hall–Kier alpha value is -2.90. The van der Waals surface area contributed by atoms with E-state index in [1.54, 1.807) is 19.1 Å². The van der Waals surface area contributed by atoms with E-state index in [9.17, 15) is 14.2 Å². The summed E-state index contributed by atoms with van der Waals surface area (Å²) < 4.78 is 13.6. The highest BCUT2D eigenvalue weighted by Crippen LogP contribution is 2.35. The second-order valence-electron chi connectivity index (χ2n) is 7.79. The molecular formula is C26H26O3P+. The monoisotopic (exact) mass is 417 g/mol. The van der Waals surface area contributed by atoms with Crippen LogP contribution in [0.5, 0.6) is 0 Å². The van der Waals surface area contributed by atoms with Crippen molar-refractivity contribution >= 4 is 24.4 Å². The lowest BCUT2D eigenvalue weighted by Gasteiger charge is -2.15. The summed E-state index contributed by atoms with van der Waals surface area (Å²) in [6.07, 6.45) is 0. The van der Waals surface area contributed by atoms with E-state index >= 15 is 0 Å². The summed E-state index contributed by atoms with van der Waals surface area (Å²) in [7, 11) is -2.37. The van der Waals surface area contributed by atoms with Gasteiger partial charge in [0.1, 0.15) is 0 Å². The molecule has 1 unspecified atom stereocenters. The smallest absolute Gasteiger partial charge is 0.289 e. The maximum atomic E-state index is 13.6. The van der Waals surface area contributed by atoms with Gasteiger partial charge in [-0.05, 0) is 63.8 Å². The molecule has 3 aromatic carbocycles. The summed E-state index contributed by atoms with van der Waals surface area (Å²) in [6, 6.07) is 14.7. The Bertz CT molecular complexity index is 1170. The molecule has 3 aromatic rings. The summed E-state index contributed by atoms with van der Waals surface area (Å²) >= 11 is 0. The standard InChI is InChI=1S/C26H26O3P/c1-15-11-10-12-16(2)22(15)26(28)30(29)25-19(5)17(3)18(4)23(20(25)6)24(27)21-13-8-7-9-14-21/h7-14H,1-6H3/q+1. The van der Waals surface area contributed by atoms with Crippen molar-refractivity contribution in [1.82, 2.24) is 0 Å². The van der Waals surface area contributed by atoms with Crippen LogP contribution in [0.2, 0.25) is 0 Å². The third-order valence-corrected chi connectivity index (χ3v) is 7.60. The molecule has 0 saturated carbocycles. The van der Waals surface area contributed by atoms with E-state index in [-0.39, 0.29) is 11.3 Å². The summed E-state index contributed by atoms with van der Waals surface area (Å²) in [4.78, 5) is 26.6. The molecule has 0 saturated heterocycles. The summed E-state index contributed by atoms with van der Waals surface area (Å²) in [5.74, 6) is -0.113. The Balaban J connectivity index is 2.21. The molecule has 3 rings (SSSR count). The molecule has 30 heavy (non-hydrogen) atoms. The van der Waals surface area contributed by atoms with E-state index in [1.165, 1.54) is 0 Å². The fourth-order valence-electron chi connectivity index (χ4n) is 4.06. The van der Waals surface area contributed by atoms with Gasteiger partial charge in [-0.1, -0.05) is 53.1 Å². The minimum Gasteiger partial charge on any atom is -0.289 e. The first-order chi connectivity index (χ1) is 14.2. The van der Waals surface area contributed by atoms with Gasteiger partial charge in [0, 0.05) is 22.3 Å². The first kappa shape index (κ1) is 21.8. The number of rotatable bonds is 5. The molecule has 0 fully saturated rings. The number of carbonyl (C=O) groups is 2. The van der Waals surface area contributed by atoms with Crippen LogP contribution in [-0.2, 0) is 4.57 Å². The number of aryl methyl sites for hydroxylation is 2. The largest absolute Gasteiger partial charge is 0.459 e. The van der Waals surface area contributed by atoms with Gasteiger partial charge in [0.15, 0.2) is 5.78 Å². The van der Waals surface area contributed by atoms with Gasteiger partial charge in [0.25, 0.3) is 0 Å². The molecule has 1 atom stereocenters. The van der Waals surface area contributed by atoms with Crippen LogP contribution >= 0.6 is 7.80 Å². The van der Waals surface area contributed by atoms with Crippen LogP contribution in [0.4, 0.5) is 0 Å². The summed E-state index contributed by atoms with van der Waals surface area (Å²) in [5.41, 5.74) is 6.07. The first-order valence-electron chi connectivity index (χ1n) is 9.94. The van der Waals surface area contributed by atoms with Crippen LogP contribution in [0.15, 0.2) is 48.5 Å². The van der Waals surface area contributed by atoms with Crippen LogP contribution in [0, 0.1) is 41.5 Å². The number of ketones is 1. The fourth-order valence-corrected chi connectivity index (χ4v) is 5.71. The topological polar surface area (TPSA) is 51.2 Å². The predicted octanol–water partition coefficient (Wildman–Crippen LogP) is 6.06. The molecule has 0 bridgehead atoms. The Morgan fingerprint density at radius 1 is 0.633 bits per heavy atom. The van der Waals surface area contributed by atoms with E-state index in [0.717, 1.165) is 27.8 Å². The minimum atomic E-state index is -2.37. The van der Waals surface area contributed by atoms with Gasteiger partial charge in [-0.2, -0.15) is 0 Å². The molecular weight excluding hydrogens is 391 g/mol. The van der Waals surface area contributed by atoms with E-state index in [4.69, 9.17) is 0 Å². The molecule has 0 radical (unpaired) electrons. The molecule has 0 N–H and O–H groups in total. The van der Waals surface area contributed by atoms with Gasteiger partial charge in [-0.3, -0.25) is 4.79 Å². The van der Waals surface area contributed by atoms with Crippen molar-refractivity contribution in [2.45, 2.75) is 41.5 Å². The average molecular weight is 417 g/mol. The molecule has 3 nitrogen and oxygen atoms in total. The normalized spacial score (nSPS) is 11.3. The Labute approximate surface area is 178 Å². The van der Waals surface area contributed by atoms with Crippen molar-refractivity contribution < 1.29 is 14.2 Å². The van der Waals surface area contributed by atoms with Gasteiger partial charge in [0.2, 0.25) is 5.30 Å². The van der Waals surface area contributed by atoms with Gasteiger partial charge in [0.05, 0.1) is 5.56 Å². The first-order valence-corrected chi connectivity index (χ1v) is 11.2. The van der Waals surface area contributed by atoms with Crippen LogP contribution in [0.25, 0.3) is 0 Å². The molecule has 4 heteroatoms. The molecule has 0 aromatic heterocycles. The van der Waals surface area contributed by atoms with Gasteiger partial charge in [-0.25, -0.2) is 4.79 Å². The van der Waals surface area contributed by atoms with Crippen LogP contribution in [0.1, 0.15) is 59.7 Å². The highest BCUT2D eigenvalue weighted by Gasteiger charge is 2.40. The molecule has 0 aliphatic heterocycles. The number of hydrogen-bond acceptors (Lipinski definition) is 3. The molecule has 0 amide bonds. The SMILES string of the molecule is Cc1cccc(C)c1C(=O)[P+](=O)c1c(C)c(C)c(C)c(C(=O)c2ccccc2)c1C. The molecule has 152 valence electrons. The van der Waals surface area contributed by atoms with E-state index in [1.807, 2.05) is 71.0 Å². The molecule has 0 aliphatic rings. The van der Waals surface area contributed by atoms with Crippen molar-refractivity contribution in [3.05, 3.63) is 98.6 Å².